The number of fused-ring (bicyclic) bond motifs is 3. The minimum Gasteiger partial charge on any atom is -0.471 e. The van der Waals surface area contributed by atoms with E-state index < -0.39 is 93.7 Å². The standard InChI is InChI=1S/C34H29F7N6O3S/c1-2-24(48)47-9-6-23(22(47)12-35)50-31-18-10-20(34(39,40)41)26(17-4-5-21(37)29-25(17)19(13-42)30(43)51-29)27(38)28(18)44-32(45-31)49-15-33-7-3-8-46(33)14-16(36)11-33/h2,4-5,10,16,22-23H,1,3,6-9,11-12,14-15,43H2. The molecule has 7 rings (SSSR count). The van der Waals surface area contributed by atoms with Crippen molar-refractivity contribution in [3.63, 3.8) is 0 Å². The lowest BCUT2D eigenvalue weighted by Crippen LogP contribution is -2.43. The molecule has 2 aromatic carbocycles. The van der Waals surface area contributed by atoms with Gasteiger partial charge in [-0.2, -0.15) is 28.4 Å². The molecule has 17 heteroatoms. The van der Waals surface area contributed by atoms with E-state index in [1.54, 1.807) is 6.07 Å². The van der Waals surface area contributed by atoms with Crippen LogP contribution in [0.15, 0.2) is 30.9 Å². The van der Waals surface area contributed by atoms with Gasteiger partial charge in [0.1, 0.15) is 48.0 Å². The second-order valence-electron chi connectivity index (χ2n) is 12.8. The van der Waals surface area contributed by atoms with Crippen LogP contribution in [0.2, 0.25) is 0 Å². The van der Waals surface area contributed by atoms with Crippen molar-refractivity contribution in [2.75, 3.05) is 38.6 Å². The summed E-state index contributed by atoms with van der Waals surface area (Å²) in [5, 5.41) is 8.76. The normalized spacial score (nSPS) is 23.6. The smallest absolute Gasteiger partial charge is 0.417 e. The van der Waals surface area contributed by atoms with Crippen molar-refractivity contribution < 1.29 is 45.0 Å². The topological polar surface area (TPSA) is 118 Å². The molecule has 3 fully saturated rings. The van der Waals surface area contributed by atoms with Gasteiger partial charge in [0.05, 0.1) is 32.8 Å². The average Bonchev–Trinajstić information content (AvgIpc) is 3.84. The predicted molar refractivity (Wildman–Crippen MR) is 174 cm³/mol. The molecule has 3 saturated heterocycles. The van der Waals surface area contributed by atoms with Gasteiger partial charge in [0.2, 0.25) is 11.8 Å². The van der Waals surface area contributed by atoms with E-state index in [4.69, 9.17) is 15.2 Å². The van der Waals surface area contributed by atoms with Crippen LogP contribution in [0.25, 0.3) is 32.1 Å². The van der Waals surface area contributed by atoms with Crippen LogP contribution in [0.3, 0.4) is 0 Å². The molecule has 4 atom stereocenters. The zero-order valence-corrected chi connectivity index (χ0v) is 27.5. The first-order chi connectivity index (χ1) is 24.3. The molecule has 1 amide bonds. The molecule has 5 heterocycles. The number of nitrogen functional groups attached to an aromatic ring is 1. The Kier molecular flexibility index (Phi) is 8.73. The van der Waals surface area contributed by atoms with E-state index in [9.17, 15) is 36.4 Å². The largest absolute Gasteiger partial charge is 0.471 e. The van der Waals surface area contributed by atoms with E-state index in [0.717, 1.165) is 24.6 Å². The van der Waals surface area contributed by atoms with E-state index in [1.165, 1.54) is 4.90 Å². The molecule has 4 unspecified atom stereocenters. The fraction of sp³-hybridized carbons (Fsp3) is 0.412. The number of thiophene rings is 1. The second-order valence-corrected chi connectivity index (χ2v) is 13.9. The molecule has 0 aliphatic carbocycles. The number of rotatable bonds is 8. The summed E-state index contributed by atoms with van der Waals surface area (Å²) in [5.41, 5.74) is 1.19. The summed E-state index contributed by atoms with van der Waals surface area (Å²) >= 11 is 0.631. The monoisotopic (exact) mass is 734 g/mol. The fourth-order valence-electron chi connectivity index (χ4n) is 7.66. The molecule has 0 saturated carbocycles. The Bertz CT molecular complexity index is 2120. The highest BCUT2D eigenvalue weighted by molar-refractivity contribution is 7.23. The van der Waals surface area contributed by atoms with Crippen molar-refractivity contribution in [1.29, 1.82) is 5.26 Å². The van der Waals surface area contributed by atoms with Crippen molar-refractivity contribution in [3.05, 3.63) is 53.6 Å². The number of ether oxygens (including phenoxy) is 2. The Morgan fingerprint density at radius 1 is 1.25 bits per heavy atom. The van der Waals surface area contributed by atoms with Gasteiger partial charge < -0.3 is 20.1 Å². The van der Waals surface area contributed by atoms with Crippen LogP contribution in [0.1, 0.15) is 36.8 Å². The van der Waals surface area contributed by atoms with Crippen LogP contribution in [-0.4, -0.2) is 82.4 Å². The zero-order chi connectivity index (χ0) is 36.4. The van der Waals surface area contributed by atoms with Gasteiger partial charge in [-0.25, -0.2) is 17.6 Å². The van der Waals surface area contributed by atoms with E-state index in [0.29, 0.717) is 30.4 Å². The number of anilines is 1. The molecular formula is C34H29F7N6O3S. The van der Waals surface area contributed by atoms with Crippen LogP contribution < -0.4 is 15.2 Å². The summed E-state index contributed by atoms with van der Waals surface area (Å²) in [6, 6.07) is 2.45. The van der Waals surface area contributed by atoms with Crippen molar-refractivity contribution in [3.8, 4) is 29.1 Å². The molecule has 0 spiro atoms. The lowest BCUT2D eigenvalue weighted by atomic mass is 9.92. The highest BCUT2D eigenvalue weighted by Crippen LogP contribution is 2.48. The van der Waals surface area contributed by atoms with Crippen LogP contribution >= 0.6 is 11.3 Å². The van der Waals surface area contributed by atoms with Crippen LogP contribution in [-0.2, 0) is 11.0 Å². The molecule has 3 aliphatic heterocycles. The molecule has 51 heavy (non-hydrogen) atoms. The predicted octanol–water partition coefficient (Wildman–Crippen LogP) is 6.72. The van der Waals surface area contributed by atoms with Gasteiger partial charge in [-0.3, -0.25) is 9.69 Å². The number of carbonyl (C=O) groups excluding carboxylic acids is 1. The number of nitriles is 1. The van der Waals surface area contributed by atoms with E-state index in [-0.39, 0.29) is 53.2 Å². The van der Waals surface area contributed by atoms with Crippen molar-refractivity contribution in [2.24, 2.45) is 0 Å². The van der Waals surface area contributed by atoms with E-state index in [1.807, 2.05) is 4.90 Å². The number of halogens is 7. The maximum Gasteiger partial charge on any atom is 0.417 e. The Morgan fingerprint density at radius 2 is 2.04 bits per heavy atom. The van der Waals surface area contributed by atoms with Gasteiger partial charge in [-0.15, -0.1) is 11.3 Å². The number of alkyl halides is 5. The maximum atomic E-state index is 17.0. The minimum absolute atomic E-state index is 0.0388. The fourth-order valence-corrected chi connectivity index (χ4v) is 8.61. The molecule has 2 aromatic heterocycles. The Balaban J connectivity index is 1.43. The van der Waals surface area contributed by atoms with Gasteiger partial charge >= 0.3 is 12.2 Å². The molecule has 0 radical (unpaired) electrons. The number of benzene rings is 2. The first-order valence-corrected chi connectivity index (χ1v) is 16.8. The Labute approximate surface area is 290 Å². The third-order valence-corrected chi connectivity index (χ3v) is 11.0. The third-order valence-electron chi connectivity index (χ3n) is 9.97. The number of carbonyl (C=O) groups is 1. The van der Waals surface area contributed by atoms with Gasteiger partial charge in [-0.05, 0) is 43.2 Å². The molecule has 3 aliphatic rings. The van der Waals surface area contributed by atoms with Gasteiger partial charge in [0.15, 0.2) is 5.82 Å². The quantitative estimate of drug-likeness (QED) is 0.157. The second kappa shape index (κ2) is 12.8. The SMILES string of the molecule is C=CC(=O)N1CCC(Oc2nc(OCC34CCCN3CC(F)C4)nc3c(F)c(-c4ccc(F)c5sc(N)c(C#N)c45)c(C(F)(F)F)cc23)C1CF. The van der Waals surface area contributed by atoms with Gasteiger partial charge in [0.25, 0.3) is 0 Å². The molecular weight excluding hydrogens is 705 g/mol. The number of nitrogens with zero attached hydrogens (tertiary/aromatic N) is 5. The van der Waals surface area contributed by atoms with Gasteiger partial charge in [-0.1, -0.05) is 12.6 Å². The van der Waals surface area contributed by atoms with Crippen LogP contribution in [0, 0.1) is 23.0 Å². The van der Waals surface area contributed by atoms with Crippen LogP contribution in [0.4, 0.5) is 35.7 Å². The van der Waals surface area contributed by atoms with Crippen molar-refractivity contribution >= 4 is 43.2 Å². The van der Waals surface area contributed by atoms with E-state index >= 15 is 4.39 Å². The van der Waals surface area contributed by atoms with Crippen molar-refractivity contribution in [2.45, 2.75) is 55.7 Å². The molecule has 0 bridgehead atoms. The third kappa shape index (κ3) is 5.78. The summed E-state index contributed by atoms with van der Waals surface area (Å²) in [7, 11) is 0. The molecule has 4 aromatic rings. The number of likely N-dealkylation sites (tertiary alicyclic amines) is 1. The summed E-state index contributed by atoms with van der Waals surface area (Å²) < 4.78 is 117. The molecule has 9 nitrogen and oxygen atoms in total. The first kappa shape index (κ1) is 34.7. The lowest BCUT2D eigenvalue weighted by molar-refractivity contribution is -0.137. The molecule has 268 valence electrons. The summed E-state index contributed by atoms with van der Waals surface area (Å²) in [6.45, 7) is 3.09. The van der Waals surface area contributed by atoms with Crippen LogP contribution in [0.5, 0.6) is 11.9 Å². The summed E-state index contributed by atoms with van der Waals surface area (Å²) in [5.74, 6) is -3.55. The summed E-state index contributed by atoms with van der Waals surface area (Å²) in [6.07, 6.45) is -4.86. The minimum atomic E-state index is -5.22. The Morgan fingerprint density at radius 3 is 2.75 bits per heavy atom. The highest BCUT2D eigenvalue weighted by Gasteiger charge is 2.49. The number of hydrogen-bond acceptors (Lipinski definition) is 9. The first-order valence-electron chi connectivity index (χ1n) is 16.0. The Hall–Kier alpha value is -4.69. The lowest BCUT2D eigenvalue weighted by Gasteiger charge is -2.31. The zero-order valence-electron chi connectivity index (χ0n) is 26.7. The average molecular weight is 735 g/mol. The maximum absolute atomic E-state index is 17.0. The van der Waals surface area contributed by atoms with Gasteiger partial charge in [0, 0.05) is 36.9 Å². The highest BCUT2D eigenvalue weighted by atomic mass is 32.1. The number of aromatic nitrogens is 2. The number of amides is 1. The number of nitrogens with two attached hydrogens (primary N) is 1. The molecule has 2 N–H and O–H groups in total. The summed E-state index contributed by atoms with van der Waals surface area (Å²) in [4.78, 5) is 23.9. The van der Waals surface area contributed by atoms with E-state index in [2.05, 4.69) is 16.5 Å². The number of hydrogen-bond donors (Lipinski definition) is 1. The van der Waals surface area contributed by atoms with Crippen molar-refractivity contribution in [1.82, 2.24) is 19.8 Å².